The summed E-state index contributed by atoms with van der Waals surface area (Å²) >= 11 is 0. The van der Waals surface area contributed by atoms with Crippen LogP contribution in [0.25, 0.3) is 5.69 Å². The molecule has 0 saturated heterocycles. The molecule has 104 valence electrons. The molecule has 0 atom stereocenters. The summed E-state index contributed by atoms with van der Waals surface area (Å²) in [6.45, 7) is 1.88. The van der Waals surface area contributed by atoms with Crippen molar-refractivity contribution in [3.05, 3.63) is 78.1 Å². The van der Waals surface area contributed by atoms with Gasteiger partial charge in [-0.2, -0.15) is 5.10 Å². The highest BCUT2D eigenvalue weighted by Crippen LogP contribution is 2.17. The van der Waals surface area contributed by atoms with Gasteiger partial charge in [-0.1, -0.05) is 36.4 Å². The van der Waals surface area contributed by atoms with E-state index in [0.717, 1.165) is 11.4 Å². The molecule has 1 aromatic heterocycles. The van der Waals surface area contributed by atoms with Crippen LogP contribution in [0, 0.1) is 6.92 Å². The van der Waals surface area contributed by atoms with Crippen molar-refractivity contribution in [2.24, 2.45) is 0 Å². The molecule has 3 rings (SSSR count). The quantitative estimate of drug-likeness (QED) is 0.797. The van der Waals surface area contributed by atoms with Gasteiger partial charge in [0, 0.05) is 5.56 Å². The highest BCUT2D eigenvalue weighted by Gasteiger charge is 2.10. The van der Waals surface area contributed by atoms with Crippen LogP contribution < -0.4 is 5.32 Å². The number of hydrogen-bond donors (Lipinski definition) is 1. The maximum atomic E-state index is 12.2. The first kappa shape index (κ1) is 13.1. The van der Waals surface area contributed by atoms with Gasteiger partial charge in [0.05, 0.1) is 23.3 Å². The van der Waals surface area contributed by atoms with E-state index in [0.29, 0.717) is 11.3 Å². The maximum absolute atomic E-state index is 12.2. The zero-order chi connectivity index (χ0) is 14.7. The third kappa shape index (κ3) is 2.84. The summed E-state index contributed by atoms with van der Waals surface area (Å²) in [7, 11) is 0. The van der Waals surface area contributed by atoms with E-state index in [1.54, 1.807) is 16.8 Å². The number of amides is 1. The first-order valence-electron chi connectivity index (χ1n) is 6.72. The largest absolute Gasteiger partial charge is 0.319 e. The molecule has 0 saturated carbocycles. The smallest absolute Gasteiger partial charge is 0.255 e. The summed E-state index contributed by atoms with van der Waals surface area (Å²) in [6.07, 6.45) is 1.82. The molecule has 4 heteroatoms. The molecule has 2 aromatic carbocycles. The highest BCUT2D eigenvalue weighted by molar-refractivity contribution is 6.04. The summed E-state index contributed by atoms with van der Waals surface area (Å²) in [5.41, 5.74) is 3.08. The number of carbonyl (C=O) groups is 1. The summed E-state index contributed by atoms with van der Waals surface area (Å²) in [5, 5.41) is 7.32. The van der Waals surface area contributed by atoms with Gasteiger partial charge in [-0.05, 0) is 31.2 Å². The van der Waals surface area contributed by atoms with Crippen LogP contribution in [0.1, 0.15) is 16.1 Å². The van der Waals surface area contributed by atoms with Crippen LogP contribution in [0.3, 0.4) is 0 Å². The second kappa shape index (κ2) is 5.63. The van der Waals surface area contributed by atoms with E-state index in [1.165, 1.54) is 0 Å². The Labute approximate surface area is 123 Å². The first-order chi connectivity index (χ1) is 10.2. The molecule has 1 amide bonds. The number of nitrogens with one attached hydrogen (secondary N) is 1. The van der Waals surface area contributed by atoms with Crippen LogP contribution >= 0.6 is 0 Å². The van der Waals surface area contributed by atoms with Crippen LogP contribution in [-0.4, -0.2) is 15.7 Å². The predicted molar refractivity (Wildman–Crippen MR) is 82.7 cm³/mol. The number of nitrogens with zero attached hydrogens (tertiary/aromatic N) is 2. The van der Waals surface area contributed by atoms with Crippen LogP contribution in [-0.2, 0) is 0 Å². The Kier molecular flexibility index (Phi) is 3.51. The molecule has 0 aliphatic rings. The van der Waals surface area contributed by atoms with Crippen molar-refractivity contribution in [2.45, 2.75) is 6.92 Å². The number of hydrogen-bond acceptors (Lipinski definition) is 2. The van der Waals surface area contributed by atoms with Crippen molar-refractivity contribution in [3.8, 4) is 5.69 Å². The van der Waals surface area contributed by atoms with Crippen molar-refractivity contribution < 1.29 is 4.79 Å². The Bertz CT molecular complexity index is 748. The lowest BCUT2D eigenvalue weighted by atomic mass is 10.2. The van der Waals surface area contributed by atoms with Gasteiger partial charge in [0.25, 0.3) is 5.91 Å². The van der Waals surface area contributed by atoms with Gasteiger partial charge in [-0.25, -0.2) is 4.68 Å². The fourth-order valence-electron chi connectivity index (χ4n) is 2.08. The summed E-state index contributed by atoms with van der Waals surface area (Å²) in [5.74, 6) is -0.133. The van der Waals surface area contributed by atoms with Crippen molar-refractivity contribution in [2.75, 3.05) is 5.32 Å². The molecule has 0 aliphatic heterocycles. The predicted octanol–water partition coefficient (Wildman–Crippen LogP) is 3.43. The molecule has 0 fully saturated rings. The van der Waals surface area contributed by atoms with Gasteiger partial charge in [-0.15, -0.1) is 0 Å². The molecule has 0 bridgehead atoms. The molecule has 1 heterocycles. The third-order valence-electron chi connectivity index (χ3n) is 3.20. The van der Waals surface area contributed by atoms with E-state index in [4.69, 9.17) is 0 Å². The number of benzene rings is 2. The lowest BCUT2D eigenvalue weighted by Crippen LogP contribution is -2.11. The standard InChI is InChI=1S/C17H15N3O/c1-13-16(18-17(21)14-8-4-2-5-9-14)12-20(19-13)15-10-6-3-7-11-15/h2-12H,1H3,(H,18,21). The minimum atomic E-state index is -0.133. The normalized spacial score (nSPS) is 10.3. The van der Waals surface area contributed by atoms with Crippen molar-refractivity contribution >= 4 is 11.6 Å². The lowest BCUT2D eigenvalue weighted by Gasteiger charge is -2.03. The SMILES string of the molecule is Cc1nn(-c2ccccc2)cc1NC(=O)c1ccccc1. The molecule has 0 unspecified atom stereocenters. The van der Waals surface area contributed by atoms with Gasteiger partial charge in [0.15, 0.2) is 0 Å². The van der Waals surface area contributed by atoms with Gasteiger partial charge < -0.3 is 5.32 Å². The zero-order valence-electron chi connectivity index (χ0n) is 11.7. The Balaban J connectivity index is 1.84. The summed E-state index contributed by atoms with van der Waals surface area (Å²) < 4.78 is 1.76. The number of rotatable bonds is 3. The molecule has 3 aromatic rings. The zero-order valence-corrected chi connectivity index (χ0v) is 11.7. The van der Waals surface area contributed by atoms with Crippen molar-refractivity contribution in [1.82, 2.24) is 9.78 Å². The highest BCUT2D eigenvalue weighted by atomic mass is 16.1. The summed E-state index contributed by atoms with van der Waals surface area (Å²) in [4.78, 5) is 12.2. The van der Waals surface area contributed by atoms with Gasteiger partial charge in [-0.3, -0.25) is 4.79 Å². The fourth-order valence-corrected chi connectivity index (χ4v) is 2.08. The summed E-state index contributed by atoms with van der Waals surface area (Å²) in [6, 6.07) is 18.9. The Morgan fingerprint density at radius 2 is 1.62 bits per heavy atom. The minimum absolute atomic E-state index is 0.133. The maximum Gasteiger partial charge on any atom is 0.255 e. The molecule has 0 radical (unpaired) electrons. The Morgan fingerprint density at radius 3 is 2.29 bits per heavy atom. The molecule has 0 aliphatic carbocycles. The number of anilines is 1. The monoisotopic (exact) mass is 277 g/mol. The Hall–Kier alpha value is -2.88. The topological polar surface area (TPSA) is 46.9 Å². The molecular weight excluding hydrogens is 262 g/mol. The average molecular weight is 277 g/mol. The number of carbonyl (C=O) groups excluding carboxylic acids is 1. The first-order valence-corrected chi connectivity index (χ1v) is 6.72. The second-order valence-electron chi connectivity index (χ2n) is 4.73. The van der Waals surface area contributed by atoms with E-state index < -0.39 is 0 Å². The molecule has 1 N–H and O–H groups in total. The van der Waals surface area contributed by atoms with E-state index in [-0.39, 0.29) is 5.91 Å². The molecule has 0 spiro atoms. The minimum Gasteiger partial charge on any atom is -0.319 e. The number of aryl methyl sites for hydroxylation is 1. The number of para-hydroxylation sites is 1. The van der Waals surface area contributed by atoms with Crippen molar-refractivity contribution in [1.29, 1.82) is 0 Å². The van der Waals surface area contributed by atoms with Gasteiger partial charge in [0.1, 0.15) is 0 Å². The van der Waals surface area contributed by atoms with Crippen LogP contribution in [0.15, 0.2) is 66.9 Å². The van der Waals surface area contributed by atoms with Gasteiger partial charge in [0.2, 0.25) is 0 Å². The Morgan fingerprint density at radius 1 is 1.00 bits per heavy atom. The number of aromatic nitrogens is 2. The van der Waals surface area contributed by atoms with E-state index in [1.807, 2.05) is 61.7 Å². The van der Waals surface area contributed by atoms with E-state index in [2.05, 4.69) is 10.4 Å². The third-order valence-corrected chi connectivity index (χ3v) is 3.20. The van der Waals surface area contributed by atoms with Crippen LogP contribution in [0.5, 0.6) is 0 Å². The fraction of sp³-hybridized carbons (Fsp3) is 0.0588. The average Bonchev–Trinajstić information content (AvgIpc) is 2.90. The molecule has 4 nitrogen and oxygen atoms in total. The van der Waals surface area contributed by atoms with Crippen molar-refractivity contribution in [3.63, 3.8) is 0 Å². The lowest BCUT2D eigenvalue weighted by molar-refractivity contribution is 0.102. The molecular formula is C17H15N3O. The van der Waals surface area contributed by atoms with Crippen LogP contribution in [0.4, 0.5) is 5.69 Å². The second-order valence-corrected chi connectivity index (χ2v) is 4.73. The van der Waals surface area contributed by atoms with Gasteiger partial charge >= 0.3 is 0 Å². The van der Waals surface area contributed by atoms with E-state index in [9.17, 15) is 4.79 Å². The molecule has 21 heavy (non-hydrogen) atoms. The van der Waals surface area contributed by atoms with E-state index >= 15 is 0 Å². The van der Waals surface area contributed by atoms with Crippen LogP contribution in [0.2, 0.25) is 0 Å².